The van der Waals surface area contributed by atoms with Crippen molar-refractivity contribution in [3.05, 3.63) is 52.0 Å². The number of aryl methyl sites for hydroxylation is 1. The second-order valence-corrected chi connectivity index (χ2v) is 7.74. The normalized spacial score (nSPS) is 14.1. The van der Waals surface area contributed by atoms with Gasteiger partial charge in [0.25, 0.3) is 5.91 Å². The molecule has 2 aromatic carbocycles. The van der Waals surface area contributed by atoms with Crippen molar-refractivity contribution in [2.24, 2.45) is 0 Å². The topological polar surface area (TPSA) is 42.0 Å². The molecular formula is C23H29ClN2O3. The smallest absolute Gasteiger partial charge is 0.254 e. The van der Waals surface area contributed by atoms with Crippen LogP contribution in [0.2, 0.25) is 5.02 Å². The Labute approximate surface area is 178 Å². The highest BCUT2D eigenvalue weighted by atomic mass is 35.5. The first-order valence-corrected chi connectivity index (χ1v) is 10.4. The van der Waals surface area contributed by atoms with E-state index in [1.807, 2.05) is 11.8 Å². The quantitative estimate of drug-likeness (QED) is 0.683. The van der Waals surface area contributed by atoms with Gasteiger partial charge in [0.15, 0.2) is 11.5 Å². The van der Waals surface area contributed by atoms with Crippen LogP contribution in [0.3, 0.4) is 0 Å². The van der Waals surface area contributed by atoms with Crippen molar-refractivity contribution in [3.8, 4) is 11.5 Å². The van der Waals surface area contributed by atoms with Crippen LogP contribution in [-0.4, -0.2) is 50.7 Å². The van der Waals surface area contributed by atoms with Gasteiger partial charge in [-0.25, -0.2) is 0 Å². The molecule has 1 saturated heterocycles. The third-order valence-electron chi connectivity index (χ3n) is 5.41. The minimum Gasteiger partial charge on any atom is -0.493 e. The maximum Gasteiger partial charge on any atom is 0.254 e. The Hall–Kier alpha value is -2.40. The second kappa shape index (κ2) is 9.40. The van der Waals surface area contributed by atoms with Crippen LogP contribution in [0.25, 0.3) is 0 Å². The lowest BCUT2D eigenvalue weighted by Crippen LogP contribution is -2.49. The van der Waals surface area contributed by atoms with Crippen LogP contribution in [0.15, 0.2) is 30.3 Å². The Balaban J connectivity index is 1.72. The van der Waals surface area contributed by atoms with Crippen molar-refractivity contribution < 1.29 is 14.3 Å². The molecule has 0 unspecified atom stereocenters. The van der Waals surface area contributed by atoms with E-state index in [0.717, 1.165) is 19.5 Å². The third-order valence-corrected chi connectivity index (χ3v) is 5.69. The average molecular weight is 417 g/mol. The predicted molar refractivity (Wildman–Crippen MR) is 118 cm³/mol. The minimum absolute atomic E-state index is 0.0344. The van der Waals surface area contributed by atoms with E-state index in [4.69, 9.17) is 21.1 Å². The van der Waals surface area contributed by atoms with Gasteiger partial charge in [-0.05, 0) is 49.6 Å². The summed E-state index contributed by atoms with van der Waals surface area (Å²) in [6.07, 6.45) is 0.866. The van der Waals surface area contributed by atoms with Crippen molar-refractivity contribution in [2.45, 2.75) is 27.2 Å². The number of hydrogen-bond donors (Lipinski definition) is 0. The molecule has 1 aliphatic rings. The van der Waals surface area contributed by atoms with Gasteiger partial charge in [-0.2, -0.15) is 0 Å². The fourth-order valence-electron chi connectivity index (χ4n) is 3.60. The van der Waals surface area contributed by atoms with Gasteiger partial charge in [0.1, 0.15) is 0 Å². The molecule has 1 amide bonds. The fraction of sp³-hybridized carbons (Fsp3) is 0.435. The number of halogens is 1. The summed E-state index contributed by atoms with van der Waals surface area (Å²) in [6, 6.07) is 9.76. The van der Waals surface area contributed by atoms with Crippen LogP contribution in [0, 0.1) is 13.8 Å². The zero-order valence-corrected chi connectivity index (χ0v) is 18.4. The summed E-state index contributed by atoms with van der Waals surface area (Å²) in [5.74, 6) is 0.948. The maximum absolute atomic E-state index is 13.1. The van der Waals surface area contributed by atoms with E-state index in [9.17, 15) is 4.79 Å². The summed E-state index contributed by atoms with van der Waals surface area (Å²) in [5.41, 5.74) is 4.36. The molecule has 0 bridgehead atoms. The number of benzene rings is 2. The number of methoxy groups -OCH3 is 1. The lowest BCUT2D eigenvalue weighted by molar-refractivity contribution is 0.0746. The van der Waals surface area contributed by atoms with Crippen LogP contribution < -0.4 is 14.4 Å². The van der Waals surface area contributed by atoms with Crippen molar-refractivity contribution in [2.75, 3.05) is 44.8 Å². The van der Waals surface area contributed by atoms with Gasteiger partial charge < -0.3 is 19.3 Å². The highest BCUT2D eigenvalue weighted by molar-refractivity contribution is 6.32. The average Bonchev–Trinajstić information content (AvgIpc) is 2.74. The van der Waals surface area contributed by atoms with E-state index < -0.39 is 0 Å². The first-order chi connectivity index (χ1) is 14.0. The number of carbonyl (C=O) groups excluding carboxylic acids is 1. The third kappa shape index (κ3) is 4.61. The molecule has 1 fully saturated rings. The number of piperazine rings is 1. The Kier molecular flexibility index (Phi) is 6.91. The predicted octanol–water partition coefficient (Wildman–Crippen LogP) is 4.72. The van der Waals surface area contributed by atoms with Gasteiger partial charge in [-0.15, -0.1) is 0 Å². The lowest BCUT2D eigenvalue weighted by atomic mass is 10.1. The molecule has 0 atom stereocenters. The van der Waals surface area contributed by atoms with E-state index in [1.165, 1.54) is 16.8 Å². The molecule has 0 aliphatic carbocycles. The van der Waals surface area contributed by atoms with Crippen LogP contribution in [0.4, 0.5) is 5.69 Å². The second-order valence-electron chi connectivity index (χ2n) is 7.34. The molecule has 0 aromatic heterocycles. The number of rotatable bonds is 6. The van der Waals surface area contributed by atoms with E-state index in [2.05, 4.69) is 36.9 Å². The summed E-state index contributed by atoms with van der Waals surface area (Å²) >= 11 is 6.38. The number of nitrogens with zero attached hydrogens (tertiary/aromatic N) is 2. The Bertz CT molecular complexity index is 877. The number of ether oxygens (including phenoxy) is 2. The van der Waals surface area contributed by atoms with Crippen LogP contribution >= 0.6 is 11.6 Å². The highest BCUT2D eigenvalue weighted by Gasteiger charge is 2.25. The maximum atomic E-state index is 13.1. The van der Waals surface area contributed by atoms with E-state index in [0.29, 0.717) is 41.8 Å². The number of anilines is 1. The molecular weight excluding hydrogens is 388 g/mol. The number of carbonyl (C=O) groups is 1. The monoisotopic (exact) mass is 416 g/mol. The molecule has 6 heteroatoms. The SMILES string of the molecule is CCCOc1c(Cl)cc(C(=O)N2CCN(c3cccc(C)c3C)CC2)cc1OC. The van der Waals surface area contributed by atoms with Gasteiger partial charge in [0, 0.05) is 37.4 Å². The van der Waals surface area contributed by atoms with Gasteiger partial charge in [-0.3, -0.25) is 4.79 Å². The van der Waals surface area contributed by atoms with Crippen LogP contribution in [0.5, 0.6) is 11.5 Å². The zero-order chi connectivity index (χ0) is 21.0. The zero-order valence-electron chi connectivity index (χ0n) is 17.6. The molecule has 29 heavy (non-hydrogen) atoms. The molecule has 0 spiro atoms. The number of hydrogen-bond acceptors (Lipinski definition) is 4. The van der Waals surface area contributed by atoms with Crippen LogP contribution in [-0.2, 0) is 0 Å². The number of amides is 1. The fourth-order valence-corrected chi connectivity index (χ4v) is 3.86. The molecule has 3 rings (SSSR count). The molecule has 1 aliphatic heterocycles. The summed E-state index contributed by atoms with van der Waals surface area (Å²) in [6.45, 7) is 9.79. The van der Waals surface area contributed by atoms with Crippen molar-refractivity contribution in [1.82, 2.24) is 4.90 Å². The van der Waals surface area contributed by atoms with Crippen molar-refractivity contribution in [1.29, 1.82) is 0 Å². The van der Waals surface area contributed by atoms with E-state index in [1.54, 1.807) is 19.2 Å². The molecule has 5 nitrogen and oxygen atoms in total. The van der Waals surface area contributed by atoms with E-state index >= 15 is 0 Å². The molecule has 0 saturated carbocycles. The molecule has 0 radical (unpaired) electrons. The van der Waals surface area contributed by atoms with Crippen molar-refractivity contribution >= 4 is 23.2 Å². The van der Waals surface area contributed by atoms with Gasteiger partial charge in [0.2, 0.25) is 0 Å². The summed E-state index contributed by atoms with van der Waals surface area (Å²) in [5, 5.41) is 0.398. The minimum atomic E-state index is -0.0344. The first-order valence-electron chi connectivity index (χ1n) is 10.1. The molecule has 0 N–H and O–H groups in total. The van der Waals surface area contributed by atoms with Gasteiger partial charge in [0.05, 0.1) is 18.7 Å². The van der Waals surface area contributed by atoms with Crippen LogP contribution in [0.1, 0.15) is 34.8 Å². The van der Waals surface area contributed by atoms with Gasteiger partial charge >= 0.3 is 0 Å². The van der Waals surface area contributed by atoms with Crippen molar-refractivity contribution in [3.63, 3.8) is 0 Å². The Morgan fingerprint density at radius 2 is 1.86 bits per heavy atom. The van der Waals surface area contributed by atoms with Gasteiger partial charge in [-0.1, -0.05) is 30.7 Å². The summed E-state index contributed by atoms with van der Waals surface area (Å²) < 4.78 is 11.1. The first kappa shape index (κ1) is 21.3. The standard InChI is InChI=1S/C23H29ClN2O3/c1-5-13-29-22-19(24)14-18(15-21(22)28-4)23(27)26-11-9-25(10-12-26)20-8-6-7-16(2)17(20)3/h6-8,14-15H,5,9-13H2,1-4H3. The van der Waals surface area contributed by atoms with E-state index in [-0.39, 0.29) is 5.91 Å². The Morgan fingerprint density at radius 1 is 1.14 bits per heavy atom. The molecule has 156 valence electrons. The largest absolute Gasteiger partial charge is 0.493 e. The molecule has 2 aromatic rings. The summed E-state index contributed by atoms with van der Waals surface area (Å²) in [7, 11) is 1.56. The summed E-state index contributed by atoms with van der Waals surface area (Å²) in [4.78, 5) is 17.3. The highest BCUT2D eigenvalue weighted by Crippen LogP contribution is 2.37. The Morgan fingerprint density at radius 3 is 2.52 bits per heavy atom. The lowest BCUT2D eigenvalue weighted by Gasteiger charge is -2.37. The molecule has 1 heterocycles.